The minimum absolute atomic E-state index is 0.0597. The van der Waals surface area contributed by atoms with Crippen molar-refractivity contribution in [3.8, 4) is 0 Å². The molecule has 282 valence electrons. The number of hydrogen-bond acceptors (Lipinski definition) is 8. The Labute approximate surface area is 315 Å². The Balaban J connectivity index is 1.36. The van der Waals surface area contributed by atoms with E-state index in [1.807, 2.05) is 98.8 Å². The van der Waals surface area contributed by atoms with Gasteiger partial charge in [0.1, 0.15) is 23.7 Å². The molecule has 11 nitrogen and oxygen atoms in total. The lowest BCUT2D eigenvalue weighted by atomic mass is 9.77. The van der Waals surface area contributed by atoms with Crippen LogP contribution in [0.5, 0.6) is 0 Å². The van der Waals surface area contributed by atoms with Crippen molar-refractivity contribution in [2.24, 2.45) is 11.8 Å². The Hall–Kier alpha value is -5.10. The predicted molar refractivity (Wildman–Crippen MR) is 201 cm³/mol. The first-order valence-corrected chi connectivity index (χ1v) is 18.6. The molecule has 2 fully saturated rings. The minimum atomic E-state index is -1.58. The number of para-hydroxylation sites is 1. The van der Waals surface area contributed by atoms with Crippen molar-refractivity contribution < 1.29 is 38.5 Å². The third kappa shape index (κ3) is 6.76. The quantitative estimate of drug-likeness (QED) is 0.261. The van der Waals surface area contributed by atoms with E-state index in [9.17, 15) is 14.7 Å². The fourth-order valence-electron chi connectivity index (χ4n) is 8.79. The van der Waals surface area contributed by atoms with Crippen molar-refractivity contribution in [1.82, 2.24) is 10.2 Å². The number of amides is 3. The second kappa shape index (κ2) is 15.7. The molecule has 2 N–H and O–H groups in total. The highest BCUT2D eigenvalue weighted by Crippen LogP contribution is 2.54. The lowest BCUT2D eigenvalue weighted by Crippen LogP contribution is -2.58. The lowest BCUT2D eigenvalue weighted by Gasteiger charge is -2.39. The zero-order valence-corrected chi connectivity index (χ0v) is 30.8. The molecule has 7 rings (SSSR count). The number of carbonyl (C=O) groups is 4. The second-order valence-corrected chi connectivity index (χ2v) is 14.6. The van der Waals surface area contributed by atoms with Gasteiger partial charge in [-0.3, -0.25) is 19.2 Å². The topological polar surface area (TPSA) is 135 Å². The number of benzene rings is 3. The highest BCUT2D eigenvalue weighted by Gasteiger charge is 2.72. The van der Waals surface area contributed by atoms with Crippen LogP contribution in [0.15, 0.2) is 103 Å². The molecule has 3 amide bonds. The molecule has 0 saturated carbocycles. The van der Waals surface area contributed by atoms with Gasteiger partial charge in [0.15, 0.2) is 0 Å². The van der Waals surface area contributed by atoms with Gasteiger partial charge < -0.3 is 34.4 Å². The molecule has 11 heteroatoms. The number of aliphatic hydroxyl groups excluding tert-OH is 1. The van der Waals surface area contributed by atoms with Crippen LogP contribution in [0.2, 0.25) is 0 Å². The molecule has 0 radical (unpaired) electrons. The van der Waals surface area contributed by atoms with Crippen molar-refractivity contribution in [2.45, 2.75) is 69.0 Å². The van der Waals surface area contributed by atoms with Gasteiger partial charge >= 0.3 is 5.97 Å². The van der Waals surface area contributed by atoms with E-state index in [-0.39, 0.29) is 37.8 Å². The highest BCUT2D eigenvalue weighted by molar-refractivity contribution is 6.06. The molecule has 8 atom stereocenters. The number of nitrogens with one attached hydrogen (secondary N) is 1. The normalized spacial score (nSPS) is 29.6. The van der Waals surface area contributed by atoms with Crippen molar-refractivity contribution in [2.75, 3.05) is 31.8 Å². The van der Waals surface area contributed by atoms with Crippen LogP contribution in [-0.4, -0.2) is 90.4 Å². The molecule has 1 spiro atoms. The Morgan fingerprint density at radius 2 is 1.63 bits per heavy atom. The van der Waals surface area contributed by atoms with E-state index >= 15 is 9.59 Å². The SMILES string of the molecule is COC[C@@H]1NC(=O)CC/C=C\[C@@H]2O[C@@]34C=CCN(c5c(C)cccc5C)C(=O)[C@@H]3N([C@@H](CO)Cc3ccccc3)C(=O)[C@H]4[C@@H]2C(=O)O[C@H]1c1ccccc1. The first-order valence-electron chi connectivity index (χ1n) is 18.6. The summed E-state index contributed by atoms with van der Waals surface area (Å²) in [6.45, 7) is 3.73. The summed E-state index contributed by atoms with van der Waals surface area (Å²) in [7, 11) is 1.51. The Bertz CT molecular complexity index is 1910. The molecule has 4 aliphatic rings. The smallest absolute Gasteiger partial charge is 0.313 e. The lowest BCUT2D eigenvalue weighted by molar-refractivity contribution is -0.162. The van der Waals surface area contributed by atoms with E-state index in [1.54, 1.807) is 23.1 Å². The number of fused-ring (bicyclic) bond motifs is 2. The third-order valence-electron chi connectivity index (χ3n) is 11.1. The van der Waals surface area contributed by atoms with Gasteiger partial charge in [0.05, 0.1) is 37.3 Å². The predicted octanol–water partition coefficient (Wildman–Crippen LogP) is 4.16. The first kappa shape index (κ1) is 37.2. The molecule has 0 unspecified atom stereocenters. The van der Waals surface area contributed by atoms with Crippen molar-refractivity contribution in [1.29, 1.82) is 0 Å². The number of esters is 1. The molecule has 54 heavy (non-hydrogen) atoms. The number of aliphatic hydroxyl groups is 1. The van der Waals surface area contributed by atoms with Crippen LogP contribution in [0.3, 0.4) is 0 Å². The average Bonchev–Trinajstić information content (AvgIpc) is 3.56. The zero-order valence-electron chi connectivity index (χ0n) is 30.8. The summed E-state index contributed by atoms with van der Waals surface area (Å²) >= 11 is 0. The van der Waals surface area contributed by atoms with Crippen LogP contribution in [0, 0.1) is 25.7 Å². The van der Waals surface area contributed by atoms with Gasteiger partial charge in [-0.25, -0.2) is 0 Å². The molecule has 3 aromatic carbocycles. The summed E-state index contributed by atoms with van der Waals surface area (Å²) < 4.78 is 18.8. The summed E-state index contributed by atoms with van der Waals surface area (Å²) in [5, 5.41) is 14.0. The molecular weight excluding hydrogens is 686 g/mol. The van der Waals surface area contributed by atoms with Gasteiger partial charge in [-0.2, -0.15) is 0 Å². The second-order valence-electron chi connectivity index (χ2n) is 14.6. The van der Waals surface area contributed by atoms with E-state index in [0.717, 1.165) is 22.4 Å². The molecule has 0 aliphatic carbocycles. The Morgan fingerprint density at radius 1 is 0.926 bits per heavy atom. The molecule has 0 bridgehead atoms. The van der Waals surface area contributed by atoms with Crippen LogP contribution in [0.1, 0.15) is 41.2 Å². The van der Waals surface area contributed by atoms with Gasteiger partial charge in [-0.15, -0.1) is 0 Å². The summed E-state index contributed by atoms with van der Waals surface area (Å²) in [6, 6.07) is 21.7. The maximum absolute atomic E-state index is 15.2. The molecule has 2 saturated heterocycles. The zero-order chi connectivity index (χ0) is 38.0. The minimum Gasteiger partial charge on any atom is -0.455 e. The molecule has 4 aliphatic heterocycles. The highest BCUT2D eigenvalue weighted by atomic mass is 16.6. The summed E-state index contributed by atoms with van der Waals surface area (Å²) in [5.41, 5.74) is 2.46. The summed E-state index contributed by atoms with van der Waals surface area (Å²) in [6.07, 6.45) is 5.98. The first-order chi connectivity index (χ1) is 26.2. The number of aryl methyl sites for hydroxylation is 2. The largest absolute Gasteiger partial charge is 0.455 e. The van der Waals surface area contributed by atoms with Gasteiger partial charge in [-0.1, -0.05) is 103 Å². The monoisotopic (exact) mass is 733 g/mol. The fourth-order valence-corrected chi connectivity index (χ4v) is 8.79. The number of allylic oxidation sites excluding steroid dienone is 1. The van der Waals surface area contributed by atoms with Crippen LogP contribution in [0.4, 0.5) is 5.69 Å². The van der Waals surface area contributed by atoms with Crippen LogP contribution in [0.25, 0.3) is 0 Å². The molecule has 4 heterocycles. The van der Waals surface area contributed by atoms with Gasteiger partial charge in [-0.05, 0) is 48.9 Å². The number of nitrogens with zero attached hydrogens (tertiary/aromatic N) is 2. The Morgan fingerprint density at radius 3 is 2.31 bits per heavy atom. The maximum Gasteiger partial charge on any atom is 0.313 e. The number of carbonyl (C=O) groups excluding carboxylic acids is 4. The summed E-state index contributed by atoms with van der Waals surface area (Å²) in [4.78, 5) is 61.6. The van der Waals surface area contributed by atoms with Crippen LogP contribution >= 0.6 is 0 Å². The molecule has 0 aromatic heterocycles. The van der Waals surface area contributed by atoms with Gasteiger partial charge in [0.2, 0.25) is 11.8 Å². The number of cyclic esters (lactones) is 1. The van der Waals surface area contributed by atoms with Crippen molar-refractivity contribution in [3.63, 3.8) is 0 Å². The number of likely N-dealkylation sites (tertiary alicyclic amines) is 1. The van der Waals surface area contributed by atoms with E-state index in [1.165, 1.54) is 12.0 Å². The molecular formula is C43H47N3O8. The van der Waals surface area contributed by atoms with Crippen molar-refractivity contribution >= 4 is 29.4 Å². The van der Waals surface area contributed by atoms with E-state index in [0.29, 0.717) is 12.0 Å². The number of hydrogen-bond donors (Lipinski definition) is 2. The van der Waals surface area contributed by atoms with Crippen LogP contribution < -0.4 is 10.2 Å². The fraction of sp³-hybridized carbons (Fsp3) is 0.395. The van der Waals surface area contributed by atoms with E-state index in [2.05, 4.69) is 5.32 Å². The standard InChI is InChI=1S/C43H47N3O8/c1-27-14-12-15-28(2)37(27)45-23-13-22-43-36(40(49)46(39(43)41(45)50)31(25-47)24-29-16-6-4-7-17-29)35-33(54-43)20-10-11-21-34(48)44-32(26-52-3)38(53-42(35)51)30-18-8-5-9-19-30/h4-10,12-20,22,31-33,35-36,38-39,47H,11,21,23-26H2,1-3H3,(H,44,48)/b20-10-/t31-,32+,33+,35-,36-,38+,39+,43-/m1/s1. The maximum atomic E-state index is 15.2. The number of ether oxygens (including phenoxy) is 3. The summed E-state index contributed by atoms with van der Waals surface area (Å²) in [5.74, 6) is -4.10. The third-order valence-corrected chi connectivity index (χ3v) is 11.1. The Kier molecular flexibility index (Phi) is 10.8. The number of rotatable bonds is 8. The number of anilines is 1. The van der Waals surface area contributed by atoms with Crippen molar-refractivity contribution in [3.05, 3.63) is 125 Å². The van der Waals surface area contributed by atoms with Gasteiger partial charge in [0, 0.05) is 25.8 Å². The van der Waals surface area contributed by atoms with Crippen LogP contribution in [-0.2, 0) is 39.8 Å². The molecule has 3 aromatic rings. The van der Waals surface area contributed by atoms with E-state index < -0.39 is 66.3 Å². The number of methoxy groups -OCH3 is 1. The average molecular weight is 734 g/mol. The van der Waals surface area contributed by atoms with Gasteiger partial charge in [0.25, 0.3) is 5.91 Å². The van der Waals surface area contributed by atoms with E-state index in [4.69, 9.17) is 14.2 Å².